The summed E-state index contributed by atoms with van der Waals surface area (Å²) in [6, 6.07) is -1.07. The maximum absolute atomic E-state index is 12.6. The summed E-state index contributed by atoms with van der Waals surface area (Å²) in [7, 11) is 2.31. The molecule has 0 spiro atoms. The van der Waals surface area contributed by atoms with Crippen LogP contribution in [-0.4, -0.2) is 74.2 Å². The minimum Gasteiger partial charge on any atom is -0.469 e. The molecule has 0 bridgehead atoms. The Morgan fingerprint density at radius 3 is 1.86 bits per heavy atom. The number of carbonyl (C=O) groups is 5. The second-order valence-electron chi connectivity index (χ2n) is 9.69. The molecule has 2 amide bonds. The van der Waals surface area contributed by atoms with Gasteiger partial charge < -0.3 is 34.3 Å². The van der Waals surface area contributed by atoms with E-state index >= 15 is 0 Å². The van der Waals surface area contributed by atoms with E-state index < -0.39 is 53.4 Å². The van der Waals surface area contributed by atoms with Gasteiger partial charge in [0.05, 0.1) is 14.2 Å². The van der Waals surface area contributed by atoms with Crippen molar-refractivity contribution < 1.29 is 47.7 Å². The minimum absolute atomic E-state index is 0.153. The Balaban J connectivity index is 5.00. The molecule has 2 N–H and O–H groups in total. The fraction of sp³-hybridized carbons (Fsp3) is 0.783. The molecule has 0 aliphatic carbocycles. The molecule has 35 heavy (non-hydrogen) atoms. The highest BCUT2D eigenvalue weighted by Crippen LogP contribution is 2.13. The first-order valence-corrected chi connectivity index (χ1v) is 11.4. The molecule has 12 heteroatoms. The Hall–Kier alpha value is -3.05. The van der Waals surface area contributed by atoms with Crippen LogP contribution in [0.2, 0.25) is 0 Å². The molecule has 0 aliphatic rings. The van der Waals surface area contributed by atoms with Gasteiger partial charge in [0, 0.05) is 19.4 Å². The zero-order valence-corrected chi connectivity index (χ0v) is 22.0. The van der Waals surface area contributed by atoms with Gasteiger partial charge in [0.15, 0.2) is 0 Å². The van der Waals surface area contributed by atoms with Gasteiger partial charge in [0.2, 0.25) is 6.10 Å². The molecule has 0 aromatic rings. The Morgan fingerprint density at radius 2 is 1.34 bits per heavy atom. The van der Waals surface area contributed by atoms with Crippen molar-refractivity contribution in [1.29, 1.82) is 0 Å². The van der Waals surface area contributed by atoms with E-state index in [2.05, 4.69) is 20.1 Å². The third kappa shape index (κ3) is 16.3. The monoisotopic (exact) mass is 504 g/mol. The van der Waals surface area contributed by atoms with Gasteiger partial charge in [0.25, 0.3) is 0 Å². The number of amides is 2. The number of ether oxygens (including phenoxy) is 5. The molecule has 0 rings (SSSR count). The number of methoxy groups -OCH3 is 2. The highest BCUT2D eigenvalue weighted by molar-refractivity contribution is 5.83. The molecular formula is C23H40N2O10. The second-order valence-corrected chi connectivity index (χ2v) is 9.69. The molecule has 202 valence electrons. The maximum Gasteiger partial charge on any atom is 0.408 e. The van der Waals surface area contributed by atoms with Crippen LogP contribution < -0.4 is 10.6 Å². The number of hydrogen-bond donors (Lipinski definition) is 2. The third-order valence-electron chi connectivity index (χ3n) is 4.12. The lowest BCUT2D eigenvalue weighted by atomic mass is 10.1. The number of nitrogens with one attached hydrogen (secondary N) is 2. The van der Waals surface area contributed by atoms with Crippen molar-refractivity contribution in [3.63, 3.8) is 0 Å². The van der Waals surface area contributed by atoms with E-state index in [1.807, 2.05) is 0 Å². The number of carbonyl (C=O) groups excluding carboxylic acids is 5. The number of hydrogen-bond acceptors (Lipinski definition) is 10. The number of unbranched alkanes of at least 4 members (excludes halogenated alkanes) is 1. The summed E-state index contributed by atoms with van der Waals surface area (Å²) in [4.78, 5) is 60.1. The summed E-state index contributed by atoms with van der Waals surface area (Å²) in [6.45, 7) is 10.6. The maximum atomic E-state index is 12.6. The second kappa shape index (κ2) is 15.0. The molecule has 0 saturated carbocycles. The smallest absolute Gasteiger partial charge is 0.408 e. The van der Waals surface area contributed by atoms with Crippen molar-refractivity contribution in [3.05, 3.63) is 0 Å². The van der Waals surface area contributed by atoms with Crippen molar-refractivity contribution in [2.75, 3.05) is 20.8 Å². The van der Waals surface area contributed by atoms with Crippen LogP contribution in [0.4, 0.5) is 9.59 Å². The molecule has 0 aromatic carbocycles. The van der Waals surface area contributed by atoms with Crippen LogP contribution in [0.15, 0.2) is 0 Å². The molecule has 0 aromatic heterocycles. The fourth-order valence-corrected chi connectivity index (χ4v) is 2.61. The molecule has 2 atom stereocenters. The Kier molecular flexibility index (Phi) is 13.7. The average molecular weight is 505 g/mol. The van der Waals surface area contributed by atoms with Crippen molar-refractivity contribution in [3.8, 4) is 0 Å². The number of alkyl carbamates (subject to hydrolysis) is 2. The Labute approximate surface area is 206 Å². The van der Waals surface area contributed by atoms with Crippen LogP contribution in [0.1, 0.15) is 73.6 Å². The largest absolute Gasteiger partial charge is 0.469 e. The van der Waals surface area contributed by atoms with E-state index in [1.54, 1.807) is 41.5 Å². The first-order valence-electron chi connectivity index (χ1n) is 11.4. The lowest BCUT2D eigenvalue weighted by Crippen LogP contribution is -2.46. The zero-order chi connectivity index (χ0) is 27.2. The highest BCUT2D eigenvalue weighted by Gasteiger charge is 2.30. The van der Waals surface area contributed by atoms with Crippen LogP contribution >= 0.6 is 0 Å². The van der Waals surface area contributed by atoms with Crippen molar-refractivity contribution in [1.82, 2.24) is 10.6 Å². The van der Waals surface area contributed by atoms with Gasteiger partial charge >= 0.3 is 30.1 Å². The van der Waals surface area contributed by atoms with E-state index in [1.165, 1.54) is 7.11 Å². The lowest BCUT2D eigenvalue weighted by molar-refractivity contribution is -0.157. The van der Waals surface area contributed by atoms with Crippen LogP contribution in [0, 0.1) is 0 Å². The quantitative estimate of drug-likeness (QED) is 0.230. The van der Waals surface area contributed by atoms with Gasteiger partial charge in [-0.1, -0.05) is 0 Å². The normalized spacial score (nSPS) is 13.0. The first-order chi connectivity index (χ1) is 16.1. The van der Waals surface area contributed by atoms with Crippen molar-refractivity contribution in [2.45, 2.75) is 97.0 Å². The summed E-state index contributed by atoms with van der Waals surface area (Å²) in [5.74, 6) is -2.13. The van der Waals surface area contributed by atoms with Gasteiger partial charge in [-0.3, -0.25) is 4.79 Å². The minimum atomic E-state index is -1.36. The van der Waals surface area contributed by atoms with Gasteiger partial charge in [-0.15, -0.1) is 0 Å². The molecule has 12 nitrogen and oxygen atoms in total. The molecule has 0 radical (unpaired) electrons. The van der Waals surface area contributed by atoms with Gasteiger partial charge in [-0.05, 0) is 60.8 Å². The third-order valence-corrected chi connectivity index (χ3v) is 4.12. The Bertz CT molecular complexity index is 725. The lowest BCUT2D eigenvalue weighted by Gasteiger charge is -2.25. The van der Waals surface area contributed by atoms with Gasteiger partial charge in [-0.25, -0.2) is 19.2 Å². The molecule has 0 unspecified atom stereocenters. The summed E-state index contributed by atoms with van der Waals surface area (Å²) in [6.07, 6.45) is -2.16. The van der Waals surface area contributed by atoms with Crippen molar-refractivity contribution in [2.24, 2.45) is 0 Å². The number of esters is 3. The van der Waals surface area contributed by atoms with Gasteiger partial charge in [-0.2, -0.15) is 0 Å². The van der Waals surface area contributed by atoms with E-state index in [9.17, 15) is 24.0 Å². The number of rotatable bonds is 12. The van der Waals surface area contributed by atoms with Crippen LogP contribution in [-0.2, 0) is 38.1 Å². The van der Waals surface area contributed by atoms with Crippen molar-refractivity contribution >= 4 is 30.1 Å². The highest BCUT2D eigenvalue weighted by atomic mass is 16.6. The van der Waals surface area contributed by atoms with E-state index in [-0.39, 0.29) is 19.3 Å². The molecule has 0 saturated heterocycles. The summed E-state index contributed by atoms with van der Waals surface area (Å²) in [5.41, 5.74) is -1.41. The van der Waals surface area contributed by atoms with E-state index in [0.29, 0.717) is 19.4 Å². The summed E-state index contributed by atoms with van der Waals surface area (Å²) >= 11 is 0. The standard InChI is InChI=1S/C23H40N2O10/c1-22(2,3)34-18(27)15(11-9-10-14-24-20(29)35-23(4,5)6)25-21(30)33-16(19(28)32-8)12-13-17(26)31-7/h15-16H,9-14H2,1-8H3,(H,24,29)(H,25,30)/t15-,16-/m0/s1. The van der Waals surface area contributed by atoms with Crippen LogP contribution in [0.5, 0.6) is 0 Å². The predicted molar refractivity (Wildman–Crippen MR) is 124 cm³/mol. The zero-order valence-electron chi connectivity index (χ0n) is 22.0. The average Bonchev–Trinajstić information content (AvgIpc) is 2.72. The first kappa shape index (κ1) is 31.9. The van der Waals surface area contributed by atoms with Crippen LogP contribution in [0.3, 0.4) is 0 Å². The molecular weight excluding hydrogens is 464 g/mol. The topological polar surface area (TPSA) is 156 Å². The van der Waals surface area contributed by atoms with E-state index in [4.69, 9.17) is 14.2 Å². The van der Waals surface area contributed by atoms with Crippen LogP contribution in [0.25, 0.3) is 0 Å². The molecule has 0 aliphatic heterocycles. The fourth-order valence-electron chi connectivity index (χ4n) is 2.61. The SMILES string of the molecule is COC(=O)CC[C@H](OC(=O)N[C@@H](CCCCNC(=O)OC(C)(C)C)C(=O)OC(C)(C)C)C(=O)OC. The predicted octanol–water partition coefficient (Wildman–Crippen LogP) is 2.61. The summed E-state index contributed by atoms with van der Waals surface area (Å²) < 4.78 is 24.7. The molecule has 0 heterocycles. The Morgan fingerprint density at radius 1 is 0.743 bits per heavy atom. The van der Waals surface area contributed by atoms with E-state index in [0.717, 1.165) is 7.11 Å². The molecule has 0 fully saturated rings. The summed E-state index contributed by atoms with van der Waals surface area (Å²) in [5, 5.41) is 5.03. The van der Waals surface area contributed by atoms with Gasteiger partial charge in [0.1, 0.15) is 17.2 Å².